The lowest BCUT2D eigenvalue weighted by atomic mass is 10.1. The Hall–Kier alpha value is -0.880. The van der Waals surface area contributed by atoms with Crippen LogP contribution < -0.4 is 14.4 Å². The van der Waals surface area contributed by atoms with Gasteiger partial charge in [0.25, 0.3) is 9.70 Å². The summed E-state index contributed by atoms with van der Waals surface area (Å²) < 4.78 is 8.82. The molecule has 1 saturated heterocycles. The van der Waals surface area contributed by atoms with Crippen molar-refractivity contribution in [2.45, 2.75) is 10.3 Å². The van der Waals surface area contributed by atoms with E-state index < -0.39 is 9.70 Å². The Bertz CT molecular complexity index is 569. The van der Waals surface area contributed by atoms with Gasteiger partial charge in [-0.25, -0.2) is 0 Å². The predicted octanol–water partition coefficient (Wildman–Crippen LogP) is 1.01. The van der Waals surface area contributed by atoms with Crippen molar-refractivity contribution in [3.8, 4) is 11.5 Å². The number of carbonyl (C=O) groups excluding carboxylic acids is 1. The van der Waals surface area contributed by atoms with Crippen molar-refractivity contribution < 1.29 is 19.2 Å². The maximum Gasteiger partial charge on any atom is 0.275 e. The van der Waals surface area contributed by atoms with Gasteiger partial charge in [-0.1, -0.05) is 34.8 Å². The normalized spacial score (nSPS) is 18.6. The molecule has 0 radical (unpaired) electrons. The van der Waals surface area contributed by atoms with E-state index in [2.05, 4.69) is 0 Å². The summed E-state index contributed by atoms with van der Waals surface area (Å²) in [7, 11) is 0. The second-order valence-corrected chi connectivity index (χ2v) is 7.69. The molecule has 2 aliphatic heterocycles. The molecule has 0 aliphatic carbocycles. The van der Waals surface area contributed by atoms with E-state index in [0.717, 1.165) is 31.1 Å². The molecule has 1 aromatic carbocycles. The summed E-state index contributed by atoms with van der Waals surface area (Å²) in [6.07, 6.45) is 0. The van der Waals surface area contributed by atoms with Crippen molar-refractivity contribution in [1.82, 2.24) is 4.90 Å². The molecule has 120 valence electrons. The number of benzene rings is 1. The lowest BCUT2D eigenvalue weighted by Gasteiger charge is -2.33. The summed E-state index contributed by atoms with van der Waals surface area (Å²) in [6, 6.07) is 5.98. The maximum atomic E-state index is 11.9. The van der Waals surface area contributed by atoms with Crippen LogP contribution >= 0.6 is 34.8 Å². The van der Waals surface area contributed by atoms with Gasteiger partial charge in [-0.15, -0.1) is 0 Å². The molecule has 2 aliphatic rings. The van der Waals surface area contributed by atoms with Gasteiger partial charge >= 0.3 is 0 Å². The Morgan fingerprint density at radius 1 is 1.18 bits per heavy atom. The number of nitrogens with one attached hydrogen (secondary N) is 1. The van der Waals surface area contributed by atoms with E-state index in [1.54, 1.807) is 4.90 Å². The fraction of sp³-hybridized carbons (Fsp3) is 0.500. The lowest BCUT2D eigenvalue weighted by molar-refractivity contribution is -0.917. The Labute approximate surface area is 143 Å². The Morgan fingerprint density at radius 3 is 2.55 bits per heavy atom. The molecule has 0 atom stereocenters. The van der Waals surface area contributed by atoms with Crippen molar-refractivity contribution >= 4 is 40.7 Å². The molecule has 0 bridgehead atoms. The van der Waals surface area contributed by atoms with Crippen molar-refractivity contribution in [3.05, 3.63) is 23.8 Å². The van der Waals surface area contributed by atoms with Crippen LogP contribution in [0.1, 0.15) is 5.56 Å². The molecule has 0 spiro atoms. The first kappa shape index (κ1) is 16.0. The number of alkyl halides is 3. The highest BCUT2D eigenvalue weighted by molar-refractivity contribution is 6.76. The van der Waals surface area contributed by atoms with E-state index in [1.165, 1.54) is 10.5 Å². The van der Waals surface area contributed by atoms with E-state index in [4.69, 9.17) is 44.3 Å². The van der Waals surface area contributed by atoms with Crippen LogP contribution in [0.2, 0.25) is 0 Å². The maximum absolute atomic E-state index is 11.9. The van der Waals surface area contributed by atoms with Gasteiger partial charge in [-0.2, -0.15) is 0 Å². The molecule has 0 unspecified atom stereocenters. The second-order valence-electron chi connectivity index (χ2n) is 5.40. The third-order valence-electron chi connectivity index (χ3n) is 3.89. The quantitative estimate of drug-likeness (QED) is 0.795. The zero-order chi connectivity index (χ0) is 15.7. The van der Waals surface area contributed by atoms with Gasteiger partial charge in [0.1, 0.15) is 6.54 Å². The number of piperazine rings is 1. The minimum atomic E-state index is -1.87. The van der Waals surface area contributed by atoms with Gasteiger partial charge in [0.05, 0.1) is 26.2 Å². The standard InChI is InChI=1S/C14H15Cl3N2O3/c15-14(16,17)13(20)19-5-3-18(4-6-19)8-10-1-2-11-12(7-10)22-9-21-11/h1-2,7H,3-6,8-9H2/p+1. The van der Waals surface area contributed by atoms with Gasteiger partial charge < -0.3 is 19.3 Å². The van der Waals surface area contributed by atoms with Crippen LogP contribution in [-0.2, 0) is 11.3 Å². The summed E-state index contributed by atoms with van der Waals surface area (Å²) >= 11 is 16.9. The van der Waals surface area contributed by atoms with E-state index in [0.29, 0.717) is 13.1 Å². The SMILES string of the molecule is O=C(N1CC[NH+](Cc2ccc3c(c2)OCO3)CC1)C(Cl)(Cl)Cl. The zero-order valence-electron chi connectivity index (χ0n) is 11.8. The van der Waals surface area contributed by atoms with Crippen LogP contribution in [0, 0.1) is 0 Å². The number of ether oxygens (including phenoxy) is 2. The molecule has 1 fully saturated rings. The van der Waals surface area contributed by atoms with Gasteiger partial charge in [0.15, 0.2) is 11.5 Å². The highest BCUT2D eigenvalue weighted by Gasteiger charge is 2.37. The second kappa shape index (κ2) is 6.32. The highest BCUT2D eigenvalue weighted by Crippen LogP contribution is 2.32. The molecule has 5 nitrogen and oxygen atoms in total. The number of fused-ring (bicyclic) bond motifs is 1. The van der Waals surface area contributed by atoms with Crippen molar-refractivity contribution in [1.29, 1.82) is 0 Å². The van der Waals surface area contributed by atoms with Crippen LogP contribution in [0.4, 0.5) is 0 Å². The van der Waals surface area contributed by atoms with E-state index in [-0.39, 0.29) is 6.79 Å². The third kappa shape index (κ3) is 3.54. The van der Waals surface area contributed by atoms with Gasteiger partial charge in [0, 0.05) is 5.56 Å². The Balaban J connectivity index is 1.55. The molecule has 8 heteroatoms. The average molecular weight is 367 g/mol. The molecule has 1 aromatic rings. The van der Waals surface area contributed by atoms with Crippen molar-refractivity contribution in [3.63, 3.8) is 0 Å². The lowest BCUT2D eigenvalue weighted by Crippen LogP contribution is -3.13. The number of amides is 1. The number of rotatable bonds is 2. The van der Waals surface area contributed by atoms with Crippen LogP contribution in [-0.4, -0.2) is 47.6 Å². The van der Waals surface area contributed by atoms with Gasteiger partial charge in [-0.05, 0) is 18.2 Å². The van der Waals surface area contributed by atoms with E-state index in [1.807, 2.05) is 18.2 Å². The van der Waals surface area contributed by atoms with Crippen LogP contribution in [0.5, 0.6) is 11.5 Å². The van der Waals surface area contributed by atoms with Crippen molar-refractivity contribution in [2.75, 3.05) is 33.0 Å². The number of halogens is 3. The van der Waals surface area contributed by atoms with Gasteiger partial charge in [-0.3, -0.25) is 4.79 Å². The first-order valence-electron chi connectivity index (χ1n) is 7.01. The molecule has 1 amide bonds. The Kier molecular flexibility index (Phi) is 4.59. The van der Waals surface area contributed by atoms with E-state index >= 15 is 0 Å². The van der Waals surface area contributed by atoms with Crippen LogP contribution in [0.25, 0.3) is 0 Å². The number of carbonyl (C=O) groups is 1. The molecule has 22 heavy (non-hydrogen) atoms. The predicted molar refractivity (Wildman–Crippen MR) is 83.8 cm³/mol. The summed E-state index contributed by atoms with van der Waals surface area (Å²) in [6.45, 7) is 3.97. The first-order valence-corrected chi connectivity index (χ1v) is 8.15. The summed E-state index contributed by atoms with van der Waals surface area (Å²) in [5.74, 6) is 1.14. The van der Waals surface area contributed by atoms with Crippen LogP contribution in [0.3, 0.4) is 0 Å². The molecule has 3 rings (SSSR count). The summed E-state index contributed by atoms with van der Waals surface area (Å²) in [5.41, 5.74) is 1.18. The zero-order valence-corrected chi connectivity index (χ0v) is 14.0. The molecular weight excluding hydrogens is 351 g/mol. The van der Waals surface area contributed by atoms with Crippen LogP contribution in [0.15, 0.2) is 18.2 Å². The number of hydrogen-bond donors (Lipinski definition) is 1. The monoisotopic (exact) mass is 365 g/mol. The molecule has 0 saturated carbocycles. The smallest absolute Gasteiger partial charge is 0.275 e. The molecule has 2 heterocycles. The average Bonchev–Trinajstić information content (AvgIpc) is 2.94. The fourth-order valence-electron chi connectivity index (χ4n) is 2.72. The summed E-state index contributed by atoms with van der Waals surface area (Å²) in [4.78, 5) is 14.9. The fourth-order valence-corrected chi connectivity index (χ4v) is 3.08. The molecule has 0 aromatic heterocycles. The van der Waals surface area contributed by atoms with Gasteiger partial charge in [0.2, 0.25) is 6.79 Å². The number of nitrogens with zero attached hydrogens (tertiary/aromatic N) is 1. The third-order valence-corrected chi connectivity index (χ3v) is 4.38. The summed E-state index contributed by atoms with van der Waals surface area (Å²) in [5, 5.41) is 0. The minimum absolute atomic E-state index is 0.281. The molecular formula is C14H16Cl3N2O3+. The topological polar surface area (TPSA) is 43.2 Å². The largest absolute Gasteiger partial charge is 0.454 e. The highest BCUT2D eigenvalue weighted by atomic mass is 35.6. The number of hydrogen-bond acceptors (Lipinski definition) is 3. The van der Waals surface area contributed by atoms with Crippen molar-refractivity contribution in [2.24, 2.45) is 0 Å². The number of quaternary nitrogens is 1. The van der Waals surface area contributed by atoms with E-state index in [9.17, 15) is 4.79 Å². The Morgan fingerprint density at radius 2 is 1.86 bits per heavy atom. The first-order chi connectivity index (χ1) is 10.4. The molecule has 1 N–H and O–H groups in total. The minimum Gasteiger partial charge on any atom is -0.454 e.